The number of halogens is 1. The van der Waals surface area contributed by atoms with Crippen molar-refractivity contribution in [2.75, 3.05) is 23.3 Å². The van der Waals surface area contributed by atoms with E-state index in [2.05, 4.69) is 28.2 Å². The third-order valence-corrected chi connectivity index (χ3v) is 3.46. The summed E-state index contributed by atoms with van der Waals surface area (Å²) in [5.41, 5.74) is 2.04. The summed E-state index contributed by atoms with van der Waals surface area (Å²) in [5, 5.41) is 3.15. The van der Waals surface area contributed by atoms with Gasteiger partial charge in [0, 0.05) is 11.0 Å². The molecule has 1 N–H and O–H groups in total. The van der Waals surface area contributed by atoms with Crippen LogP contribution in [0.2, 0.25) is 0 Å². The molecule has 0 unspecified atom stereocenters. The van der Waals surface area contributed by atoms with Crippen LogP contribution in [0, 0.1) is 0 Å². The molecule has 0 spiro atoms. The molecular weight excluding hydrogens is 280 g/mol. The predicted octanol–water partition coefficient (Wildman–Crippen LogP) is 3.40. The van der Waals surface area contributed by atoms with Crippen LogP contribution >= 0.6 is 15.9 Å². The SMILES string of the molecule is CCCCCN1C(=O)CNc2ccc(Br)cc21. The van der Waals surface area contributed by atoms with E-state index in [9.17, 15) is 4.79 Å². The van der Waals surface area contributed by atoms with Gasteiger partial charge >= 0.3 is 0 Å². The molecule has 0 bridgehead atoms. The Bertz CT molecular complexity index is 420. The molecule has 1 aliphatic heterocycles. The van der Waals surface area contributed by atoms with E-state index < -0.39 is 0 Å². The molecule has 4 heteroatoms. The first kappa shape index (κ1) is 12.4. The molecule has 92 valence electrons. The van der Waals surface area contributed by atoms with Crippen molar-refractivity contribution in [1.29, 1.82) is 0 Å². The number of benzene rings is 1. The number of anilines is 2. The zero-order chi connectivity index (χ0) is 12.3. The highest BCUT2D eigenvalue weighted by atomic mass is 79.9. The number of hydrogen-bond acceptors (Lipinski definition) is 2. The third kappa shape index (κ3) is 2.80. The molecule has 0 aromatic heterocycles. The van der Waals surface area contributed by atoms with Gasteiger partial charge in [-0.15, -0.1) is 0 Å². The smallest absolute Gasteiger partial charge is 0.246 e. The lowest BCUT2D eigenvalue weighted by atomic mass is 10.1. The van der Waals surface area contributed by atoms with Gasteiger partial charge in [-0.1, -0.05) is 35.7 Å². The normalized spacial score (nSPS) is 14.5. The molecule has 0 aliphatic carbocycles. The van der Waals surface area contributed by atoms with Crippen LogP contribution in [-0.4, -0.2) is 19.0 Å². The van der Waals surface area contributed by atoms with Gasteiger partial charge in [0.15, 0.2) is 0 Å². The summed E-state index contributed by atoms with van der Waals surface area (Å²) < 4.78 is 1.01. The molecule has 3 nitrogen and oxygen atoms in total. The van der Waals surface area contributed by atoms with E-state index in [4.69, 9.17) is 0 Å². The van der Waals surface area contributed by atoms with Crippen molar-refractivity contribution in [1.82, 2.24) is 0 Å². The highest BCUT2D eigenvalue weighted by Gasteiger charge is 2.23. The zero-order valence-corrected chi connectivity index (χ0v) is 11.6. The van der Waals surface area contributed by atoms with Gasteiger partial charge in [0.25, 0.3) is 0 Å². The first-order valence-electron chi connectivity index (χ1n) is 6.06. The lowest BCUT2D eigenvalue weighted by Crippen LogP contribution is -2.40. The summed E-state index contributed by atoms with van der Waals surface area (Å²) in [6, 6.07) is 6.01. The van der Waals surface area contributed by atoms with Crippen molar-refractivity contribution in [3.05, 3.63) is 22.7 Å². The summed E-state index contributed by atoms with van der Waals surface area (Å²) >= 11 is 3.45. The maximum absolute atomic E-state index is 11.9. The molecule has 0 radical (unpaired) electrons. The van der Waals surface area contributed by atoms with Gasteiger partial charge in [0.05, 0.1) is 17.9 Å². The Balaban J connectivity index is 2.20. The van der Waals surface area contributed by atoms with Crippen LogP contribution in [-0.2, 0) is 4.79 Å². The Morgan fingerprint density at radius 3 is 3.00 bits per heavy atom. The van der Waals surface area contributed by atoms with Crippen LogP contribution < -0.4 is 10.2 Å². The molecule has 1 aliphatic rings. The van der Waals surface area contributed by atoms with Crippen LogP contribution in [0.25, 0.3) is 0 Å². The van der Waals surface area contributed by atoms with E-state index in [0.29, 0.717) is 6.54 Å². The van der Waals surface area contributed by atoms with Crippen LogP contribution in [0.15, 0.2) is 22.7 Å². The van der Waals surface area contributed by atoms with Crippen molar-refractivity contribution in [2.45, 2.75) is 26.2 Å². The minimum Gasteiger partial charge on any atom is -0.374 e. The van der Waals surface area contributed by atoms with Crippen LogP contribution in [0.4, 0.5) is 11.4 Å². The van der Waals surface area contributed by atoms with Gasteiger partial charge in [-0.05, 0) is 24.6 Å². The molecule has 2 rings (SSSR count). The van der Waals surface area contributed by atoms with E-state index in [1.807, 2.05) is 23.1 Å². The number of amides is 1. The largest absolute Gasteiger partial charge is 0.374 e. The summed E-state index contributed by atoms with van der Waals surface area (Å²) in [5.74, 6) is 0.159. The lowest BCUT2D eigenvalue weighted by molar-refractivity contribution is -0.117. The van der Waals surface area contributed by atoms with Crippen molar-refractivity contribution in [2.24, 2.45) is 0 Å². The second-order valence-electron chi connectivity index (χ2n) is 4.27. The van der Waals surface area contributed by atoms with Crippen molar-refractivity contribution in [3.8, 4) is 0 Å². The molecule has 17 heavy (non-hydrogen) atoms. The van der Waals surface area contributed by atoms with E-state index in [1.54, 1.807) is 0 Å². The van der Waals surface area contributed by atoms with Gasteiger partial charge in [0.2, 0.25) is 5.91 Å². The van der Waals surface area contributed by atoms with Crippen LogP contribution in [0.3, 0.4) is 0 Å². The number of rotatable bonds is 4. The molecule has 0 saturated heterocycles. The molecule has 1 amide bonds. The minimum atomic E-state index is 0.159. The average molecular weight is 297 g/mol. The van der Waals surface area contributed by atoms with Gasteiger partial charge in [-0.2, -0.15) is 0 Å². The summed E-state index contributed by atoms with van der Waals surface area (Å²) in [6.07, 6.45) is 3.40. The Labute approximate surface area is 110 Å². The maximum Gasteiger partial charge on any atom is 0.246 e. The monoisotopic (exact) mass is 296 g/mol. The molecular formula is C13H17BrN2O. The molecule has 0 saturated carbocycles. The third-order valence-electron chi connectivity index (χ3n) is 2.97. The number of nitrogens with one attached hydrogen (secondary N) is 1. The summed E-state index contributed by atoms with van der Waals surface area (Å²) in [4.78, 5) is 13.8. The fourth-order valence-corrected chi connectivity index (χ4v) is 2.39. The Morgan fingerprint density at radius 2 is 2.24 bits per heavy atom. The summed E-state index contributed by atoms with van der Waals surface area (Å²) in [7, 11) is 0. The standard InChI is InChI=1S/C13H17BrN2O/c1-2-3-4-7-16-12-8-10(14)5-6-11(12)15-9-13(16)17/h5-6,8,15H,2-4,7,9H2,1H3. The molecule has 0 atom stereocenters. The van der Waals surface area contributed by atoms with E-state index >= 15 is 0 Å². The predicted molar refractivity (Wildman–Crippen MR) is 74.5 cm³/mol. The Kier molecular flexibility index (Phi) is 4.05. The van der Waals surface area contributed by atoms with E-state index in [0.717, 1.165) is 28.8 Å². The van der Waals surface area contributed by atoms with Crippen LogP contribution in [0.5, 0.6) is 0 Å². The summed E-state index contributed by atoms with van der Waals surface area (Å²) in [6.45, 7) is 3.39. The van der Waals surface area contributed by atoms with Gasteiger partial charge in [-0.25, -0.2) is 0 Å². The minimum absolute atomic E-state index is 0.159. The second kappa shape index (κ2) is 5.54. The van der Waals surface area contributed by atoms with Gasteiger partial charge in [-0.3, -0.25) is 4.79 Å². The number of unbranched alkanes of at least 4 members (excludes halogenated alkanes) is 2. The van der Waals surface area contributed by atoms with Crippen LogP contribution in [0.1, 0.15) is 26.2 Å². The van der Waals surface area contributed by atoms with E-state index in [-0.39, 0.29) is 5.91 Å². The first-order valence-corrected chi connectivity index (χ1v) is 6.85. The molecule has 0 fully saturated rings. The molecule has 1 aromatic carbocycles. The quantitative estimate of drug-likeness (QED) is 0.864. The molecule has 1 heterocycles. The topological polar surface area (TPSA) is 32.3 Å². The fourth-order valence-electron chi connectivity index (χ4n) is 2.04. The lowest BCUT2D eigenvalue weighted by Gasteiger charge is -2.30. The average Bonchev–Trinajstić information content (AvgIpc) is 2.32. The van der Waals surface area contributed by atoms with E-state index in [1.165, 1.54) is 12.8 Å². The number of hydrogen-bond donors (Lipinski definition) is 1. The first-order chi connectivity index (χ1) is 8.22. The Morgan fingerprint density at radius 1 is 1.41 bits per heavy atom. The second-order valence-corrected chi connectivity index (χ2v) is 5.18. The highest BCUT2D eigenvalue weighted by molar-refractivity contribution is 9.10. The number of carbonyl (C=O) groups excluding carboxylic acids is 1. The van der Waals surface area contributed by atoms with Crippen molar-refractivity contribution >= 4 is 33.2 Å². The van der Waals surface area contributed by atoms with Crippen molar-refractivity contribution < 1.29 is 4.79 Å². The number of nitrogens with zero attached hydrogens (tertiary/aromatic N) is 1. The zero-order valence-electron chi connectivity index (χ0n) is 10.0. The van der Waals surface area contributed by atoms with Gasteiger partial charge in [0.1, 0.15) is 0 Å². The van der Waals surface area contributed by atoms with Gasteiger partial charge < -0.3 is 10.2 Å². The molecule has 1 aromatic rings. The van der Waals surface area contributed by atoms with Crippen molar-refractivity contribution in [3.63, 3.8) is 0 Å². The number of carbonyl (C=O) groups is 1. The fraction of sp³-hybridized carbons (Fsp3) is 0.462. The highest BCUT2D eigenvalue weighted by Crippen LogP contribution is 2.32. The maximum atomic E-state index is 11.9. The number of fused-ring (bicyclic) bond motifs is 1. The Hall–Kier alpha value is -1.03.